The van der Waals surface area contributed by atoms with E-state index in [9.17, 15) is 15.0 Å². The van der Waals surface area contributed by atoms with Crippen molar-refractivity contribution in [3.63, 3.8) is 0 Å². The van der Waals surface area contributed by atoms with Gasteiger partial charge in [-0.1, -0.05) is 66.4 Å². The second kappa shape index (κ2) is 11.5. The van der Waals surface area contributed by atoms with E-state index in [2.05, 4.69) is 59.2 Å². The Morgan fingerprint density at radius 3 is 2.17 bits per heavy atom. The number of nitrogens with zero attached hydrogens (tertiary/aromatic N) is 1. The lowest BCUT2D eigenvalue weighted by molar-refractivity contribution is -0.142. The number of carboxylic acid groups (broad SMARTS) is 1. The van der Waals surface area contributed by atoms with Crippen molar-refractivity contribution in [2.45, 2.75) is 44.4 Å². The first-order chi connectivity index (χ1) is 17.3. The lowest BCUT2D eigenvalue weighted by atomic mass is 9.76. The van der Waals surface area contributed by atoms with E-state index in [1.807, 2.05) is 24.3 Å². The number of phenolic OH excluding ortho intramolecular Hbond substituents is 1. The maximum Gasteiger partial charge on any atom is 0.313 e. The molecule has 4 nitrogen and oxygen atoms in total. The maximum atomic E-state index is 11.4. The largest absolute Gasteiger partial charge is 0.508 e. The van der Waals surface area contributed by atoms with Gasteiger partial charge >= 0.3 is 5.97 Å². The normalized spacial score (nSPS) is 15.6. The summed E-state index contributed by atoms with van der Waals surface area (Å²) in [5, 5.41) is 19.1. The van der Waals surface area contributed by atoms with Gasteiger partial charge in [-0.15, -0.1) is 0 Å². The number of aromatic hydroxyl groups is 1. The number of likely N-dealkylation sites (tertiary alicyclic amines) is 1. The molecule has 3 aromatic carbocycles. The number of aliphatic carboxylic acids is 1. The van der Waals surface area contributed by atoms with Crippen LogP contribution in [0.15, 0.2) is 78.9 Å². The maximum absolute atomic E-state index is 11.4. The van der Waals surface area contributed by atoms with Crippen LogP contribution in [0.1, 0.15) is 61.3 Å². The second-order valence-corrected chi connectivity index (χ2v) is 10.2. The summed E-state index contributed by atoms with van der Waals surface area (Å²) in [7, 11) is 0. The predicted octanol–water partition coefficient (Wildman–Crippen LogP) is 6.04. The fraction of sp³-hybridized carbons (Fsp3) is 0.344. The Bertz CT molecular complexity index is 1200. The molecule has 1 heterocycles. The smallest absolute Gasteiger partial charge is 0.313 e. The summed E-state index contributed by atoms with van der Waals surface area (Å²) in [6.45, 7) is 6.51. The van der Waals surface area contributed by atoms with E-state index >= 15 is 0 Å². The molecule has 0 saturated carbocycles. The number of piperidine rings is 1. The van der Waals surface area contributed by atoms with Gasteiger partial charge in [0.2, 0.25) is 0 Å². The number of rotatable bonds is 7. The Morgan fingerprint density at radius 1 is 0.944 bits per heavy atom. The van der Waals surface area contributed by atoms with E-state index in [1.165, 1.54) is 11.1 Å². The first-order valence-corrected chi connectivity index (χ1v) is 12.7. The zero-order chi connectivity index (χ0) is 25.5. The second-order valence-electron chi connectivity index (χ2n) is 10.2. The average molecular weight is 482 g/mol. The van der Waals surface area contributed by atoms with Crippen molar-refractivity contribution in [1.29, 1.82) is 0 Å². The van der Waals surface area contributed by atoms with Gasteiger partial charge in [0.1, 0.15) is 5.75 Å². The molecule has 1 aliphatic rings. The van der Waals surface area contributed by atoms with Gasteiger partial charge in [0, 0.05) is 24.4 Å². The first kappa shape index (κ1) is 25.5. The summed E-state index contributed by atoms with van der Waals surface area (Å²) < 4.78 is 0. The molecule has 0 spiro atoms. The molecule has 4 rings (SSSR count). The minimum atomic E-state index is -0.903. The van der Waals surface area contributed by atoms with Crippen LogP contribution in [-0.2, 0) is 10.2 Å². The van der Waals surface area contributed by atoms with Gasteiger partial charge < -0.3 is 15.1 Å². The molecular formula is C32H35NO3. The molecule has 186 valence electrons. The van der Waals surface area contributed by atoms with Crippen LogP contribution in [0.25, 0.3) is 0 Å². The van der Waals surface area contributed by atoms with Gasteiger partial charge in [-0.3, -0.25) is 4.79 Å². The Morgan fingerprint density at radius 2 is 1.56 bits per heavy atom. The fourth-order valence-electron chi connectivity index (χ4n) is 5.06. The van der Waals surface area contributed by atoms with Crippen molar-refractivity contribution in [1.82, 2.24) is 4.90 Å². The molecule has 0 aliphatic carbocycles. The van der Waals surface area contributed by atoms with Crippen molar-refractivity contribution < 1.29 is 15.0 Å². The number of hydrogen-bond acceptors (Lipinski definition) is 3. The molecule has 1 unspecified atom stereocenters. The Labute approximate surface area is 214 Å². The number of carboxylic acids is 1. The molecule has 4 heteroatoms. The highest BCUT2D eigenvalue weighted by atomic mass is 16.4. The number of carbonyl (C=O) groups is 1. The van der Waals surface area contributed by atoms with Crippen LogP contribution < -0.4 is 0 Å². The minimum Gasteiger partial charge on any atom is -0.508 e. The summed E-state index contributed by atoms with van der Waals surface area (Å²) in [6.07, 6.45) is 3.08. The Hall–Kier alpha value is -3.55. The summed E-state index contributed by atoms with van der Waals surface area (Å²) in [5.74, 6) is 6.89. The van der Waals surface area contributed by atoms with Crippen molar-refractivity contribution in [2.24, 2.45) is 5.92 Å². The summed E-state index contributed by atoms with van der Waals surface area (Å²) in [6, 6.07) is 26.0. The predicted molar refractivity (Wildman–Crippen MR) is 144 cm³/mol. The van der Waals surface area contributed by atoms with Crippen molar-refractivity contribution in [3.8, 4) is 17.6 Å². The molecule has 0 aromatic heterocycles. The lowest BCUT2D eigenvalue weighted by Gasteiger charge is -2.36. The highest BCUT2D eigenvalue weighted by Crippen LogP contribution is 2.38. The lowest BCUT2D eigenvalue weighted by Crippen LogP contribution is -2.36. The number of hydrogen-bond donors (Lipinski definition) is 2. The average Bonchev–Trinajstić information content (AvgIpc) is 2.89. The molecular weight excluding hydrogens is 446 g/mol. The molecule has 36 heavy (non-hydrogen) atoms. The van der Waals surface area contributed by atoms with Crippen LogP contribution in [0.3, 0.4) is 0 Å². The van der Waals surface area contributed by atoms with Crippen LogP contribution in [0.2, 0.25) is 0 Å². The van der Waals surface area contributed by atoms with Gasteiger partial charge in [-0.25, -0.2) is 0 Å². The molecule has 1 aliphatic heterocycles. The van der Waals surface area contributed by atoms with Crippen LogP contribution in [0.5, 0.6) is 5.75 Å². The van der Waals surface area contributed by atoms with Crippen LogP contribution in [0, 0.1) is 17.8 Å². The Balaban J connectivity index is 1.32. The molecule has 1 atom stereocenters. The van der Waals surface area contributed by atoms with Crippen molar-refractivity contribution in [3.05, 3.63) is 101 Å². The summed E-state index contributed by atoms with van der Waals surface area (Å²) >= 11 is 0. The zero-order valence-electron chi connectivity index (χ0n) is 21.2. The van der Waals surface area contributed by atoms with Crippen LogP contribution in [-0.4, -0.2) is 40.7 Å². The van der Waals surface area contributed by atoms with Crippen LogP contribution in [0.4, 0.5) is 0 Å². The summed E-state index contributed by atoms with van der Waals surface area (Å²) in [4.78, 5) is 13.9. The molecule has 0 amide bonds. The third kappa shape index (κ3) is 6.17. The molecule has 3 aromatic rings. The molecule has 1 saturated heterocycles. The van der Waals surface area contributed by atoms with E-state index in [-0.39, 0.29) is 0 Å². The van der Waals surface area contributed by atoms with Crippen molar-refractivity contribution in [2.75, 3.05) is 19.6 Å². The first-order valence-electron chi connectivity index (χ1n) is 12.7. The zero-order valence-corrected chi connectivity index (χ0v) is 21.2. The SMILES string of the molecule is CC(C)(C(=O)O)c1ccc(C#CCCN2CCC(C(c3ccccc3)c3ccc(O)cc3)CC2)cc1. The van der Waals surface area contributed by atoms with E-state index in [0.29, 0.717) is 17.6 Å². The monoisotopic (exact) mass is 481 g/mol. The highest BCUT2D eigenvalue weighted by molar-refractivity contribution is 5.80. The quantitative estimate of drug-likeness (QED) is 0.404. The molecule has 2 N–H and O–H groups in total. The fourth-order valence-corrected chi connectivity index (χ4v) is 5.06. The Kier molecular flexibility index (Phi) is 8.13. The van der Waals surface area contributed by atoms with Crippen LogP contribution >= 0.6 is 0 Å². The standard InChI is InChI=1S/C32H35NO3/c1-32(2,31(35)36)28-15-11-24(12-16-28)8-6-7-21-33-22-19-27(20-23-33)30(25-9-4-3-5-10-25)26-13-17-29(34)18-14-26/h3-5,9-18,27,30,34H,7,19-23H2,1-2H3,(H,35,36). The minimum absolute atomic E-state index is 0.307. The van der Waals surface area contributed by atoms with E-state index < -0.39 is 11.4 Å². The number of benzene rings is 3. The van der Waals surface area contributed by atoms with E-state index in [1.54, 1.807) is 26.0 Å². The van der Waals surface area contributed by atoms with Gasteiger partial charge in [-0.05, 0) is 86.7 Å². The highest BCUT2D eigenvalue weighted by Gasteiger charge is 2.30. The van der Waals surface area contributed by atoms with Gasteiger partial charge in [-0.2, -0.15) is 0 Å². The third-order valence-corrected chi connectivity index (χ3v) is 7.44. The summed E-state index contributed by atoms with van der Waals surface area (Å²) in [5.41, 5.74) is 3.40. The molecule has 1 fully saturated rings. The van der Waals surface area contributed by atoms with Crippen molar-refractivity contribution >= 4 is 5.97 Å². The molecule has 0 radical (unpaired) electrons. The van der Waals surface area contributed by atoms with E-state index in [4.69, 9.17) is 0 Å². The molecule has 0 bridgehead atoms. The number of phenols is 1. The van der Waals surface area contributed by atoms with Gasteiger partial charge in [0.25, 0.3) is 0 Å². The van der Waals surface area contributed by atoms with Gasteiger partial charge in [0.15, 0.2) is 0 Å². The third-order valence-electron chi connectivity index (χ3n) is 7.44. The topological polar surface area (TPSA) is 60.8 Å². The van der Waals surface area contributed by atoms with E-state index in [0.717, 1.165) is 50.0 Å². The van der Waals surface area contributed by atoms with Gasteiger partial charge in [0.05, 0.1) is 5.41 Å².